The number of ether oxygens (including phenoxy) is 1. The molecule has 1 heterocycles. The number of amides is 1. The third-order valence-electron chi connectivity index (χ3n) is 2.08. The molecule has 1 aliphatic heterocycles. The van der Waals surface area contributed by atoms with Crippen LogP contribution in [-0.4, -0.2) is 35.9 Å². The van der Waals surface area contributed by atoms with Crippen molar-refractivity contribution in [3.05, 3.63) is 0 Å². The maximum atomic E-state index is 11.5. The van der Waals surface area contributed by atoms with Crippen molar-refractivity contribution >= 4 is 5.91 Å². The molecule has 1 saturated heterocycles. The molecule has 0 radical (unpaired) electrons. The largest absolute Gasteiger partial charge is 0.394 e. The number of aliphatic hydroxyl groups is 1. The SMILES string of the molecule is CC(C)(CO)NC(=O)[C@@H]1CCCO1. The topological polar surface area (TPSA) is 58.6 Å². The molecule has 0 saturated carbocycles. The maximum absolute atomic E-state index is 11.5. The van der Waals surface area contributed by atoms with Gasteiger partial charge in [-0.15, -0.1) is 0 Å². The third-order valence-corrected chi connectivity index (χ3v) is 2.08. The third kappa shape index (κ3) is 2.97. The molecule has 0 aliphatic carbocycles. The van der Waals surface area contributed by atoms with E-state index in [4.69, 9.17) is 9.84 Å². The average molecular weight is 187 g/mol. The summed E-state index contributed by atoms with van der Waals surface area (Å²) >= 11 is 0. The lowest BCUT2D eigenvalue weighted by Gasteiger charge is -2.25. The van der Waals surface area contributed by atoms with Gasteiger partial charge < -0.3 is 15.2 Å². The van der Waals surface area contributed by atoms with Crippen LogP contribution in [0.4, 0.5) is 0 Å². The van der Waals surface area contributed by atoms with Gasteiger partial charge in [-0.05, 0) is 26.7 Å². The molecule has 0 bridgehead atoms. The van der Waals surface area contributed by atoms with Crippen molar-refractivity contribution in [2.75, 3.05) is 13.2 Å². The first-order valence-corrected chi connectivity index (χ1v) is 4.60. The monoisotopic (exact) mass is 187 g/mol. The first-order valence-electron chi connectivity index (χ1n) is 4.60. The lowest BCUT2D eigenvalue weighted by molar-refractivity contribution is -0.132. The van der Waals surface area contributed by atoms with Gasteiger partial charge in [0.2, 0.25) is 5.91 Å². The van der Waals surface area contributed by atoms with Gasteiger partial charge in [0.1, 0.15) is 6.10 Å². The standard InChI is InChI=1S/C9H17NO3/c1-9(2,6-11)10-8(12)7-4-3-5-13-7/h7,11H,3-6H2,1-2H3,(H,10,12)/t7-/m0/s1. The smallest absolute Gasteiger partial charge is 0.249 e. The molecule has 1 rings (SSSR count). The average Bonchev–Trinajstić information content (AvgIpc) is 2.55. The molecule has 1 amide bonds. The first kappa shape index (κ1) is 10.5. The predicted molar refractivity (Wildman–Crippen MR) is 48.3 cm³/mol. The van der Waals surface area contributed by atoms with Crippen LogP contribution in [0.3, 0.4) is 0 Å². The van der Waals surface area contributed by atoms with Gasteiger partial charge in [0.15, 0.2) is 0 Å². The van der Waals surface area contributed by atoms with Crippen LogP contribution in [0.2, 0.25) is 0 Å². The number of nitrogens with one attached hydrogen (secondary N) is 1. The highest BCUT2D eigenvalue weighted by Crippen LogP contribution is 2.13. The molecule has 0 aromatic heterocycles. The van der Waals surface area contributed by atoms with Crippen LogP contribution in [0.15, 0.2) is 0 Å². The van der Waals surface area contributed by atoms with Gasteiger partial charge >= 0.3 is 0 Å². The fourth-order valence-corrected chi connectivity index (χ4v) is 1.24. The predicted octanol–water partition coefficient (Wildman–Crippen LogP) is 0.0525. The van der Waals surface area contributed by atoms with Crippen molar-refractivity contribution in [1.29, 1.82) is 0 Å². The quantitative estimate of drug-likeness (QED) is 0.656. The van der Waals surface area contributed by atoms with Crippen molar-refractivity contribution in [1.82, 2.24) is 5.32 Å². The molecular weight excluding hydrogens is 170 g/mol. The molecule has 2 N–H and O–H groups in total. The highest BCUT2D eigenvalue weighted by atomic mass is 16.5. The highest BCUT2D eigenvalue weighted by molar-refractivity contribution is 5.81. The zero-order valence-electron chi connectivity index (χ0n) is 8.17. The van der Waals surface area contributed by atoms with Crippen molar-refractivity contribution in [2.45, 2.75) is 38.3 Å². The Morgan fingerprint density at radius 1 is 1.69 bits per heavy atom. The fraction of sp³-hybridized carbons (Fsp3) is 0.889. The fourth-order valence-electron chi connectivity index (χ4n) is 1.24. The maximum Gasteiger partial charge on any atom is 0.249 e. The van der Waals surface area contributed by atoms with Gasteiger partial charge in [-0.1, -0.05) is 0 Å². The van der Waals surface area contributed by atoms with Gasteiger partial charge in [0.25, 0.3) is 0 Å². The Kier molecular flexibility index (Phi) is 3.27. The summed E-state index contributed by atoms with van der Waals surface area (Å²) in [6, 6.07) is 0. The number of carbonyl (C=O) groups is 1. The van der Waals surface area contributed by atoms with Crippen LogP contribution in [0.25, 0.3) is 0 Å². The van der Waals surface area contributed by atoms with Crippen LogP contribution in [0.5, 0.6) is 0 Å². The molecule has 1 fully saturated rings. The molecule has 4 heteroatoms. The van der Waals surface area contributed by atoms with E-state index in [9.17, 15) is 4.79 Å². The minimum atomic E-state index is -0.553. The molecule has 0 aromatic carbocycles. The van der Waals surface area contributed by atoms with E-state index in [-0.39, 0.29) is 18.6 Å². The number of aliphatic hydroxyl groups excluding tert-OH is 1. The molecule has 0 aromatic rings. The first-order chi connectivity index (χ1) is 6.05. The van der Waals surface area contributed by atoms with Crippen LogP contribution in [0.1, 0.15) is 26.7 Å². The Hall–Kier alpha value is -0.610. The summed E-state index contributed by atoms with van der Waals surface area (Å²) < 4.78 is 5.21. The lowest BCUT2D eigenvalue weighted by atomic mass is 10.1. The van der Waals surface area contributed by atoms with Crippen LogP contribution in [-0.2, 0) is 9.53 Å². The number of hydrogen-bond donors (Lipinski definition) is 2. The van der Waals surface area contributed by atoms with E-state index in [1.165, 1.54) is 0 Å². The van der Waals surface area contributed by atoms with E-state index in [2.05, 4.69) is 5.32 Å². The van der Waals surface area contributed by atoms with Crippen molar-refractivity contribution in [2.24, 2.45) is 0 Å². The molecule has 13 heavy (non-hydrogen) atoms. The normalized spacial score (nSPS) is 23.2. The Balaban J connectivity index is 2.40. The van der Waals surface area contributed by atoms with Crippen LogP contribution in [0, 0.1) is 0 Å². The highest BCUT2D eigenvalue weighted by Gasteiger charge is 2.28. The summed E-state index contributed by atoms with van der Waals surface area (Å²) in [7, 11) is 0. The van der Waals surface area contributed by atoms with E-state index in [1.807, 2.05) is 0 Å². The van der Waals surface area contributed by atoms with Crippen LogP contribution < -0.4 is 5.32 Å². The van der Waals surface area contributed by atoms with Gasteiger partial charge in [-0.3, -0.25) is 4.79 Å². The van der Waals surface area contributed by atoms with Gasteiger partial charge in [-0.25, -0.2) is 0 Å². The van der Waals surface area contributed by atoms with E-state index in [1.54, 1.807) is 13.8 Å². The second kappa shape index (κ2) is 4.07. The molecule has 0 unspecified atom stereocenters. The van der Waals surface area contributed by atoms with Gasteiger partial charge in [0.05, 0.1) is 12.1 Å². The lowest BCUT2D eigenvalue weighted by Crippen LogP contribution is -2.49. The Morgan fingerprint density at radius 3 is 2.85 bits per heavy atom. The van der Waals surface area contributed by atoms with E-state index in [0.29, 0.717) is 6.61 Å². The molecule has 0 spiro atoms. The Morgan fingerprint density at radius 2 is 2.38 bits per heavy atom. The van der Waals surface area contributed by atoms with Gasteiger partial charge in [0, 0.05) is 6.61 Å². The number of hydrogen-bond acceptors (Lipinski definition) is 3. The zero-order valence-corrected chi connectivity index (χ0v) is 8.17. The Bertz CT molecular complexity index is 185. The molecular formula is C9H17NO3. The summed E-state index contributed by atoms with van der Waals surface area (Å²) in [6.07, 6.45) is 1.41. The van der Waals surface area contributed by atoms with E-state index in [0.717, 1.165) is 12.8 Å². The number of rotatable bonds is 3. The minimum Gasteiger partial charge on any atom is -0.394 e. The van der Waals surface area contributed by atoms with E-state index >= 15 is 0 Å². The summed E-state index contributed by atoms with van der Waals surface area (Å²) in [6.45, 7) is 4.16. The summed E-state index contributed by atoms with van der Waals surface area (Å²) in [5.74, 6) is -0.114. The van der Waals surface area contributed by atoms with Gasteiger partial charge in [-0.2, -0.15) is 0 Å². The molecule has 1 atom stereocenters. The van der Waals surface area contributed by atoms with Crippen molar-refractivity contribution in [3.63, 3.8) is 0 Å². The van der Waals surface area contributed by atoms with Crippen LogP contribution >= 0.6 is 0 Å². The summed E-state index contributed by atoms with van der Waals surface area (Å²) in [4.78, 5) is 11.5. The second-order valence-corrected chi connectivity index (χ2v) is 4.03. The van der Waals surface area contributed by atoms with E-state index < -0.39 is 5.54 Å². The van der Waals surface area contributed by atoms with Crippen molar-refractivity contribution in [3.8, 4) is 0 Å². The summed E-state index contributed by atoms with van der Waals surface area (Å²) in [5.41, 5.74) is -0.553. The molecule has 76 valence electrons. The Labute approximate surface area is 78.3 Å². The zero-order chi connectivity index (χ0) is 9.90. The molecule has 1 aliphatic rings. The minimum absolute atomic E-state index is 0.0640. The molecule has 4 nitrogen and oxygen atoms in total. The second-order valence-electron chi connectivity index (χ2n) is 4.03. The summed E-state index contributed by atoms with van der Waals surface area (Å²) in [5, 5.41) is 11.7. The van der Waals surface area contributed by atoms with Crippen molar-refractivity contribution < 1.29 is 14.6 Å². The number of carbonyl (C=O) groups excluding carboxylic acids is 1.